The molecule has 0 spiro atoms. The first-order valence-corrected chi connectivity index (χ1v) is 4.94. The third-order valence-corrected chi connectivity index (χ3v) is 3.15. The van der Waals surface area contributed by atoms with Gasteiger partial charge in [0.2, 0.25) is 0 Å². The Labute approximate surface area is 74.6 Å². The number of rotatable bonds is 2. The average molecular weight is 172 g/mol. The largest absolute Gasteiger partial charge is 0.396 e. The van der Waals surface area contributed by atoms with Crippen molar-refractivity contribution in [3.63, 3.8) is 0 Å². The average Bonchev–Trinajstić information content (AvgIpc) is 2.03. The van der Waals surface area contributed by atoms with Crippen LogP contribution < -0.4 is 0 Å². The van der Waals surface area contributed by atoms with Crippen LogP contribution >= 0.6 is 0 Å². The zero-order valence-corrected chi connectivity index (χ0v) is 8.03. The lowest BCUT2D eigenvalue weighted by atomic mass is 9.75. The molecule has 0 radical (unpaired) electrons. The smallest absolute Gasteiger partial charge is 0.0574 e. The van der Waals surface area contributed by atoms with Gasteiger partial charge < -0.3 is 10.2 Å². The maximum absolute atomic E-state index is 9.73. The summed E-state index contributed by atoms with van der Waals surface area (Å²) in [6, 6.07) is 0. The molecule has 72 valence electrons. The van der Waals surface area contributed by atoms with Crippen LogP contribution in [0.2, 0.25) is 0 Å². The minimum absolute atomic E-state index is 0.184. The summed E-state index contributed by atoms with van der Waals surface area (Å²) in [5.74, 6) is 1.24. The van der Waals surface area contributed by atoms with E-state index >= 15 is 0 Å². The highest BCUT2D eigenvalue weighted by atomic mass is 16.3. The summed E-state index contributed by atoms with van der Waals surface area (Å²) in [5, 5.41) is 18.7. The lowest BCUT2D eigenvalue weighted by Crippen LogP contribution is -2.34. The molecule has 2 heteroatoms. The number of hydrogen-bond acceptors (Lipinski definition) is 2. The standard InChI is InChI=1S/C10H20O2/c1-7-3-4-9(8(2)6-11)10(12)5-7/h7-12H,3-6H2,1-2H3/t7?,8-,9?,10?/m0/s1. The van der Waals surface area contributed by atoms with Gasteiger partial charge in [-0.25, -0.2) is 0 Å². The number of aliphatic hydroxyl groups is 2. The van der Waals surface area contributed by atoms with Gasteiger partial charge >= 0.3 is 0 Å². The molecule has 2 nitrogen and oxygen atoms in total. The number of aliphatic hydroxyl groups excluding tert-OH is 2. The molecule has 0 saturated heterocycles. The van der Waals surface area contributed by atoms with Crippen molar-refractivity contribution in [1.82, 2.24) is 0 Å². The normalized spacial score (nSPS) is 39.5. The maximum atomic E-state index is 9.73. The molecule has 2 N–H and O–H groups in total. The fourth-order valence-corrected chi connectivity index (χ4v) is 2.17. The van der Waals surface area contributed by atoms with Crippen molar-refractivity contribution in [3.8, 4) is 0 Å². The molecular weight excluding hydrogens is 152 g/mol. The van der Waals surface area contributed by atoms with Crippen LogP contribution in [-0.4, -0.2) is 22.9 Å². The van der Waals surface area contributed by atoms with E-state index in [1.165, 1.54) is 6.42 Å². The van der Waals surface area contributed by atoms with Crippen LogP contribution in [0.3, 0.4) is 0 Å². The van der Waals surface area contributed by atoms with Gasteiger partial charge in [0.25, 0.3) is 0 Å². The molecule has 1 aliphatic rings. The molecule has 0 heterocycles. The van der Waals surface area contributed by atoms with Gasteiger partial charge in [0.1, 0.15) is 0 Å². The Morgan fingerprint density at radius 3 is 2.58 bits per heavy atom. The highest BCUT2D eigenvalue weighted by Gasteiger charge is 2.30. The third-order valence-electron chi connectivity index (χ3n) is 3.15. The molecule has 0 aromatic heterocycles. The Morgan fingerprint density at radius 1 is 1.42 bits per heavy atom. The summed E-state index contributed by atoms with van der Waals surface area (Å²) in [7, 11) is 0. The quantitative estimate of drug-likeness (QED) is 0.661. The van der Waals surface area contributed by atoms with E-state index in [0.717, 1.165) is 12.8 Å². The van der Waals surface area contributed by atoms with Crippen molar-refractivity contribution in [2.75, 3.05) is 6.61 Å². The summed E-state index contributed by atoms with van der Waals surface area (Å²) in [5.41, 5.74) is 0. The molecule has 0 aliphatic heterocycles. The van der Waals surface area contributed by atoms with Crippen LogP contribution in [0.1, 0.15) is 33.1 Å². The van der Waals surface area contributed by atoms with Crippen LogP contribution in [0, 0.1) is 17.8 Å². The Balaban J connectivity index is 2.44. The molecule has 1 rings (SSSR count). The van der Waals surface area contributed by atoms with Crippen molar-refractivity contribution < 1.29 is 10.2 Å². The van der Waals surface area contributed by atoms with E-state index in [2.05, 4.69) is 6.92 Å². The second-order valence-corrected chi connectivity index (χ2v) is 4.31. The summed E-state index contributed by atoms with van der Waals surface area (Å²) >= 11 is 0. The molecular formula is C10H20O2. The van der Waals surface area contributed by atoms with E-state index < -0.39 is 0 Å². The van der Waals surface area contributed by atoms with Crippen LogP contribution in [0.5, 0.6) is 0 Å². The van der Waals surface area contributed by atoms with Gasteiger partial charge in [0, 0.05) is 6.61 Å². The van der Waals surface area contributed by atoms with E-state index in [-0.39, 0.29) is 18.6 Å². The molecule has 1 saturated carbocycles. The molecule has 0 aromatic carbocycles. The predicted octanol–water partition coefficient (Wildman–Crippen LogP) is 1.41. The van der Waals surface area contributed by atoms with Crippen LogP contribution in [0.4, 0.5) is 0 Å². The Hall–Kier alpha value is -0.0800. The van der Waals surface area contributed by atoms with E-state index in [0.29, 0.717) is 11.8 Å². The fourth-order valence-electron chi connectivity index (χ4n) is 2.17. The summed E-state index contributed by atoms with van der Waals surface area (Å²) in [6.45, 7) is 4.41. The van der Waals surface area contributed by atoms with E-state index in [1.807, 2.05) is 6.92 Å². The zero-order chi connectivity index (χ0) is 9.14. The van der Waals surface area contributed by atoms with E-state index in [1.54, 1.807) is 0 Å². The minimum Gasteiger partial charge on any atom is -0.396 e. The van der Waals surface area contributed by atoms with Crippen molar-refractivity contribution >= 4 is 0 Å². The first-order chi connectivity index (χ1) is 5.65. The van der Waals surface area contributed by atoms with Crippen LogP contribution in [-0.2, 0) is 0 Å². The van der Waals surface area contributed by atoms with Crippen molar-refractivity contribution in [2.45, 2.75) is 39.2 Å². The number of hydrogen-bond donors (Lipinski definition) is 2. The van der Waals surface area contributed by atoms with Crippen molar-refractivity contribution in [3.05, 3.63) is 0 Å². The first-order valence-electron chi connectivity index (χ1n) is 4.94. The minimum atomic E-state index is -0.184. The Kier molecular flexibility index (Phi) is 3.53. The second kappa shape index (κ2) is 4.24. The second-order valence-electron chi connectivity index (χ2n) is 4.31. The van der Waals surface area contributed by atoms with Gasteiger partial charge in [-0.15, -0.1) is 0 Å². The van der Waals surface area contributed by atoms with Crippen LogP contribution in [0.15, 0.2) is 0 Å². The SMILES string of the molecule is CC1CCC([C@@H](C)CO)C(O)C1. The zero-order valence-electron chi connectivity index (χ0n) is 8.03. The van der Waals surface area contributed by atoms with Gasteiger partial charge in [0.15, 0.2) is 0 Å². The third kappa shape index (κ3) is 2.20. The van der Waals surface area contributed by atoms with Crippen molar-refractivity contribution in [2.24, 2.45) is 17.8 Å². The summed E-state index contributed by atoms with van der Waals surface area (Å²) < 4.78 is 0. The lowest BCUT2D eigenvalue weighted by Gasteiger charge is -2.34. The summed E-state index contributed by atoms with van der Waals surface area (Å²) in [6.07, 6.45) is 3.00. The molecule has 3 unspecified atom stereocenters. The molecule has 0 amide bonds. The highest BCUT2D eigenvalue weighted by Crippen LogP contribution is 2.33. The molecule has 0 aromatic rings. The predicted molar refractivity (Wildman–Crippen MR) is 48.8 cm³/mol. The fraction of sp³-hybridized carbons (Fsp3) is 1.00. The van der Waals surface area contributed by atoms with Crippen LogP contribution in [0.25, 0.3) is 0 Å². The molecule has 4 atom stereocenters. The van der Waals surface area contributed by atoms with Gasteiger partial charge in [-0.2, -0.15) is 0 Å². The van der Waals surface area contributed by atoms with E-state index in [4.69, 9.17) is 5.11 Å². The van der Waals surface area contributed by atoms with Gasteiger partial charge in [-0.3, -0.25) is 0 Å². The monoisotopic (exact) mass is 172 g/mol. The molecule has 12 heavy (non-hydrogen) atoms. The molecule has 1 fully saturated rings. The van der Waals surface area contributed by atoms with Gasteiger partial charge in [-0.05, 0) is 30.6 Å². The van der Waals surface area contributed by atoms with E-state index in [9.17, 15) is 5.11 Å². The van der Waals surface area contributed by atoms with Gasteiger partial charge in [0.05, 0.1) is 6.10 Å². The lowest BCUT2D eigenvalue weighted by molar-refractivity contribution is 0.00804. The molecule has 1 aliphatic carbocycles. The summed E-state index contributed by atoms with van der Waals surface area (Å²) in [4.78, 5) is 0. The molecule has 0 bridgehead atoms. The van der Waals surface area contributed by atoms with Gasteiger partial charge in [-0.1, -0.05) is 20.3 Å². The topological polar surface area (TPSA) is 40.5 Å². The highest BCUT2D eigenvalue weighted by molar-refractivity contribution is 4.80. The Morgan fingerprint density at radius 2 is 2.08 bits per heavy atom. The maximum Gasteiger partial charge on any atom is 0.0574 e. The first kappa shape index (κ1) is 10.0. The Bertz CT molecular complexity index is 136. The van der Waals surface area contributed by atoms with Crippen molar-refractivity contribution in [1.29, 1.82) is 0 Å².